The molecule has 2 aliphatic heterocycles. The highest BCUT2D eigenvalue weighted by molar-refractivity contribution is 5.82. The third-order valence-electron chi connectivity index (χ3n) is 10.5. The van der Waals surface area contributed by atoms with E-state index >= 15 is 4.39 Å². The van der Waals surface area contributed by atoms with Crippen molar-refractivity contribution < 1.29 is 23.8 Å². The van der Waals surface area contributed by atoms with E-state index in [1.54, 1.807) is 0 Å². The molecule has 2 unspecified atom stereocenters. The Bertz CT molecular complexity index is 1330. The average Bonchev–Trinajstić information content (AvgIpc) is 3.49. The number of aliphatic hydroxyl groups is 2. The number of rotatable bonds is 2. The summed E-state index contributed by atoms with van der Waals surface area (Å²) in [6.45, 7) is 4.18. The molecule has 2 saturated heterocycles. The van der Waals surface area contributed by atoms with Crippen molar-refractivity contribution in [1.29, 1.82) is 0 Å². The maximum atomic E-state index is 16.9. The molecule has 1 aromatic carbocycles. The summed E-state index contributed by atoms with van der Waals surface area (Å²) in [4.78, 5) is 6.34. The Hall–Kier alpha value is -2.06. The highest BCUT2D eigenvalue weighted by atomic mass is 19.1. The summed E-state index contributed by atoms with van der Waals surface area (Å²) >= 11 is 0. The summed E-state index contributed by atoms with van der Waals surface area (Å²) in [5.74, 6) is 0.853. The molecular formula is C29H35FN2O4. The molecule has 0 radical (unpaired) electrons. The molecule has 3 aliphatic carbocycles. The molecule has 6 nitrogen and oxygen atoms in total. The Morgan fingerprint density at radius 1 is 1.17 bits per heavy atom. The maximum Gasteiger partial charge on any atom is 0.192 e. The molecule has 1 aromatic heterocycles. The molecule has 3 fully saturated rings. The van der Waals surface area contributed by atoms with Crippen LogP contribution in [0.15, 0.2) is 40.3 Å². The van der Waals surface area contributed by atoms with E-state index in [1.807, 2.05) is 32.0 Å². The third-order valence-corrected chi connectivity index (χ3v) is 10.5. The van der Waals surface area contributed by atoms with Gasteiger partial charge in [0.1, 0.15) is 17.2 Å². The molecule has 192 valence electrons. The highest BCUT2D eigenvalue weighted by Crippen LogP contribution is 2.70. The first-order valence-electron chi connectivity index (χ1n) is 13.2. The van der Waals surface area contributed by atoms with Gasteiger partial charge in [0.15, 0.2) is 17.1 Å². The van der Waals surface area contributed by atoms with Gasteiger partial charge in [-0.3, -0.25) is 0 Å². The third kappa shape index (κ3) is 2.62. The largest absolute Gasteiger partial charge is 0.441 e. The molecule has 1 saturated carbocycles. The van der Waals surface area contributed by atoms with E-state index in [9.17, 15) is 10.2 Å². The standard InChI is InChI=1S/C29H35FN2O4/c1-16-31-20-7-5-17(13-22(20)35-16)19-6-8-23-26(19,2)10-9-18-14-29(30)25(34)24(33)21(32(3)4)15-27(29)11-12-28(18,23)36-27/h5-7,9,13,21,23-25,33-34H,8,10-12,14-15H2,1-4H3/t21-,23?,24+,25-,26+,27+,28+,29?/m0/s1. The van der Waals surface area contributed by atoms with E-state index in [4.69, 9.17) is 9.15 Å². The maximum absolute atomic E-state index is 16.9. The molecule has 3 heterocycles. The molecule has 2 N–H and O–H groups in total. The second-order valence-electron chi connectivity index (χ2n) is 12.4. The van der Waals surface area contributed by atoms with Crippen LogP contribution in [0, 0.1) is 18.3 Å². The van der Waals surface area contributed by atoms with Crippen LogP contribution < -0.4 is 0 Å². The fraction of sp³-hybridized carbons (Fsp3) is 0.621. The van der Waals surface area contributed by atoms with Gasteiger partial charge in [0, 0.05) is 30.7 Å². The summed E-state index contributed by atoms with van der Waals surface area (Å²) in [7, 11) is 3.75. The number of aryl methyl sites for hydroxylation is 1. The Balaban J connectivity index is 1.29. The van der Waals surface area contributed by atoms with Crippen molar-refractivity contribution in [2.24, 2.45) is 11.3 Å². The Kier molecular flexibility index (Phi) is 4.53. The van der Waals surface area contributed by atoms with Gasteiger partial charge >= 0.3 is 0 Å². The fourth-order valence-corrected chi connectivity index (χ4v) is 8.64. The van der Waals surface area contributed by atoms with E-state index < -0.39 is 29.1 Å². The minimum Gasteiger partial charge on any atom is -0.441 e. The summed E-state index contributed by atoms with van der Waals surface area (Å²) in [5.41, 5.74) is 1.31. The zero-order valence-electron chi connectivity index (χ0n) is 21.4. The first kappa shape index (κ1) is 23.1. The summed E-state index contributed by atoms with van der Waals surface area (Å²) in [6.07, 6.45) is 5.39. The molecule has 2 spiro atoms. The van der Waals surface area contributed by atoms with Crippen LogP contribution in [0.5, 0.6) is 0 Å². The number of alkyl halides is 1. The summed E-state index contributed by atoms with van der Waals surface area (Å²) in [6, 6.07) is 5.90. The van der Waals surface area contributed by atoms with Crippen molar-refractivity contribution in [3.8, 4) is 0 Å². The van der Waals surface area contributed by atoms with Gasteiger partial charge in [0.25, 0.3) is 0 Å². The van der Waals surface area contributed by atoms with Gasteiger partial charge in [-0.1, -0.05) is 25.1 Å². The van der Waals surface area contributed by atoms with Gasteiger partial charge in [-0.15, -0.1) is 0 Å². The lowest BCUT2D eigenvalue weighted by Gasteiger charge is -2.61. The van der Waals surface area contributed by atoms with Crippen molar-refractivity contribution in [2.75, 3.05) is 14.1 Å². The van der Waals surface area contributed by atoms with Gasteiger partial charge in [0.2, 0.25) is 0 Å². The van der Waals surface area contributed by atoms with E-state index in [0.717, 1.165) is 41.5 Å². The van der Waals surface area contributed by atoms with E-state index in [0.29, 0.717) is 18.7 Å². The number of oxazole rings is 1. The van der Waals surface area contributed by atoms with Crippen molar-refractivity contribution in [2.45, 2.75) is 87.5 Å². The van der Waals surface area contributed by atoms with E-state index in [-0.39, 0.29) is 23.8 Å². The predicted octanol–water partition coefficient (Wildman–Crippen LogP) is 4.33. The number of benzene rings is 1. The molecule has 36 heavy (non-hydrogen) atoms. The molecule has 2 aromatic rings. The number of aliphatic hydroxyl groups excluding tert-OH is 2. The molecule has 7 heteroatoms. The van der Waals surface area contributed by atoms with Crippen LogP contribution in [0.2, 0.25) is 0 Å². The van der Waals surface area contributed by atoms with Crippen LogP contribution in [0.3, 0.4) is 0 Å². The fourth-order valence-electron chi connectivity index (χ4n) is 8.64. The van der Waals surface area contributed by atoms with E-state index in [1.165, 1.54) is 5.57 Å². The van der Waals surface area contributed by atoms with Crippen LogP contribution in [-0.2, 0) is 4.74 Å². The van der Waals surface area contributed by atoms with Crippen molar-refractivity contribution in [3.05, 3.63) is 47.4 Å². The van der Waals surface area contributed by atoms with Gasteiger partial charge in [-0.2, -0.15) is 0 Å². The Morgan fingerprint density at radius 3 is 2.75 bits per heavy atom. The number of ether oxygens (including phenoxy) is 1. The molecular weight excluding hydrogens is 459 g/mol. The van der Waals surface area contributed by atoms with E-state index in [2.05, 4.69) is 36.2 Å². The van der Waals surface area contributed by atoms with Crippen LogP contribution in [-0.4, -0.2) is 69.3 Å². The number of fused-ring (bicyclic) bond motifs is 2. The van der Waals surface area contributed by atoms with Crippen LogP contribution in [0.4, 0.5) is 4.39 Å². The number of hydrogen-bond acceptors (Lipinski definition) is 6. The quantitative estimate of drug-likeness (QED) is 0.605. The molecule has 2 bridgehead atoms. The van der Waals surface area contributed by atoms with Crippen LogP contribution in [0.25, 0.3) is 16.7 Å². The van der Waals surface area contributed by atoms with Crippen molar-refractivity contribution in [1.82, 2.24) is 9.88 Å². The lowest BCUT2D eigenvalue weighted by atomic mass is 9.56. The minimum atomic E-state index is -1.98. The number of nitrogens with zero attached hydrogens (tertiary/aromatic N) is 2. The lowest BCUT2D eigenvalue weighted by Crippen LogP contribution is -2.73. The first-order chi connectivity index (χ1) is 17.0. The number of halogens is 1. The number of likely N-dealkylation sites (N-methyl/N-ethyl adjacent to an activating group) is 1. The second-order valence-corrected chi connectivity index (χ2v) is 12.4. The SMILES string of the molecule is Cc1nc2ccc(C3=CCC4[C@]3(C)CC=C3CC5(F)[C@@H](O)[C@H](O)[C@@H](N(C)C)C[C@]56CC[C@@]34O6)cc2o1. The molecule has 0 amide bonds. The molecule has 8 atom stereocenters. The average molecular weight is 495 g/mol. The zero-order valence-corrected chi connectivity index (χ0v) is 21.4. The number of aromatic nitrogens is 1. The van der Waals surface area contributed by atoms with Gasteiger partial charge < -0.3 is 24.3 Å². The van der Waals surface area contributed by atoms with Gasteiger partial charge in [-0.25, -0.2) is 9.37 Å². The van der Waals surface area contributed by atoms with Crippen LogP contribution in [0.1, 0.15) is 56.9 Å². The summed E-state index contributed by atoms with van der Waals surface area (Å²) in [5, 5.41) is 21.9. The molecule has 7 rings (SSSR count). The molecule has 5 aliphatic rings. The Labute approximate surface area is 210 Å². The zero-order chi connectivity index (χ0) is 25.3. The highest BCUT2D eigenvalue weighted by Gasteiger charge is 2.76. The van der Waals surface area contributed by atoms with Gasteiger partial charge in [0.05, 0.1) is 11.7 Å². The lowest BCUT2D eigenvalue weighted by molar-refractivity contribution is -0.282. The number of hydrogen-bond donors (Lipinski definition) is 2. The van der Waals surface area contributed by atoms with Crippen molar-refractivity contribution >= 4 is 16.7 Å². The van der Waals surface area contributed by atoms with Crippen molar-refractivity contribution in [3.63, 3.8) is 0 Å². The summed E-state index contributed by atoms with van der Waals surface area (Å²) < 4.78 is 29.7. The topological polar surface area (TPSA) is 79.0 Å². The normalized spacial score (nSPS) is 45.3. The predicted molar refractivity (Wildman–Crippen MR) is 134 cm³/mol. The number of allylic oxidation sites excluding steroid dienone is 3. The second kappa shape index (κ2) is 7.07. The smallest absolute Gasteiger partial charge is 0.192 e. The van der Waals surface area contributed by atoms with Gasteiger partial charge in [-0.05, 0) is 75.0 Å². The first-order valence-corrected chi connectivity index (χ1v) is 13.2. The monoisotopic (exact) mass is 494 g/mol. The Morgan fingerprint density at radius 2 is 1.97 bits per heavy atom. The minimum absolute atomic E-state index is 0.136. The van der Waals surface area contributed by atoms with Crippen LogP contribution >= 0.6 is 0 Å².